The quantitative estimate of drug-likeness (QED) is 0.591. The molecule has 0 spiro atoms. The number of halogens is 1. The van der Waals surface area contributed by atoms with Crippen LogP contribution in [0.1, 0.15) is 19.8 Å². The van der Waals surface area contributed by atoms with Crippen molar-refractivity contribution in [2.45, 2.75) is 31.8 Å². The van der Waals surface area contributed by atoms with Crippen LogP contribution in [0.4, 0.5) is 15.8 Å². The summed E-state index contributed by atoms with van der Waals surface area (Å²) in [5.74, 6) is -1.54. The summed E-state index contributed by atoms with van der Waals surface area (Å²) in [7, 11) is 0. The summed E-state index contributed by atoms with van der Waals surface area (Å²) in [6.07, 6.45) is 1.26. The Labute approximate surface area is 126 Å². The Balaban J connectivity index is 1.98. The van der Waals surface area contributed by atoms with Crippen molar-refractivity contribution >= 4 is 17.3 Å². The van der Waals surface area contributed by atoms with Crippen LogP contribution in [-0.2, 0) is 4.79 Å². The molecule has 22 heavy (non-hydrogen) atoms. The summed E-state index contributed by atoms with van der Waals surface area (Å²) < 4.78 is 13.8. The molecule has 0 unspecified atom stereocenters. The maximum atomic E-state index is 13.8. The highest BCUT2D eigenvalue weighted by Gasteiger charge is 2.35. The Morgan fingerprint density at radius 1 is 1.55 bits per heavy atom. The zero-order chi connectivity index (χ0) is 16.3. The molecule has 1 aromatic carbocycles. The summed E-state index contributed by atoms with van der Waals surface area (Å²) in [5, 5.41) is 22.6. The van der Waals surface area contributed by atoms with Crippen molar-refractivity contribution in [2.24, 2.45) is 0 Å². The van der Waals surface area contributed by atoms with Crippen LogP contribution in [0.2, 0.25) is 0 Å². The number of para-hydroxylation sites is 1. The molecule has 0 atom stereocenters. The average molecular weight is 311 g/mol. The molecule has 0 bridgehead atoms. The monoisotopic (exact) mass is 311 g/mol. The minimum Gasteiger partial charge on any atom is -0.480 e. The first kappa shape index (κ1) is 16.2. The fourth-order valence-electron chi connectivity index (χ4n) is 2.69. The van der Waals surface area contributed by atoms with Gasteiger partial charge < -0.3 is 10.4 Å². The molecule has 1 aliphatic rings. The van der Waals surface area contributed by atoms with Crippen molar-refractivity contribution < 1.29 is 19.2 Å². The predicted octanol–water partition coefficient (Wildman–Crippen LogP) is 2.08. The van der Waals surface area contributed by atoms with Gasteiger partial charge in [-0.3, -0.25) is 19.8 Å². The van der Waals surface area contributed by atoms with Gasteiger partial charge in [-0.1, -0.05) is 13.0 Å². The summed E-state index contributed by atoms with van der Waals surface area (Å²) in [5.41, 5.74) is -0.390. The molecule has 1 fully saturated rings. The van der Waals surface area contributed by atoms with E-state index in [9.17, 15) is 19.3 Å². The third-order valence-corrected chi connectivity index (χ3v) is 3.91. The number of likely N-dealkylation sites (N-methyl/N-ethyl adjacent to an activating group) is 1. The van der Waals surface area contributed by atoms with Crippen molar-refractivity contribution in [1.29, 1.82) is 0 Å². The van der Waals surface area contributed by atoms with E-state index in [1.807, 2.05) is 11.8 Å². The topological polar surface area (TPSA) is 95.7 Å². The second-order valence-corrected chi connectivity index (χ2v) is 5.31. The molecular weight excluding hydrogens is 293 g/mol. The van der Waals surface area contributed by atoms with Gasteiger partial charge in [-0.2, -0.15) is 0 Å². The van der Waals surface area contributed by atoms with Gasteiger partial charge in [0.05, 0.1) is 11.5 Å². The zero-order valence-electron chi connectivity index (χ0n) is 12.2. The van der Waals surface area contributed by atoms with E-state index >= 15 is 0 Å². The Morgan fingerprint density at radius 2 is 2.23 bits per heavy atom. The first-order valence-electron chi connectivity index (χ1n) is 7.07. The highest BCUT2D eigenvalue weighted by atomic mass is 19.1. The number of nitrogens with zero attached hydrogens (tertiary/aromatic N) is 2. The molecule has 120 valence electrons. The van der Waals surface area contributed by atoms with Gasteiger partial charge in [-0.15, -0.1) is 0 Å². The lowest BCUT2D eigenvalue weighted by Gasteiger charge is -2.42. The van der Waals surface area contributed by atoms with Crippen LogP contribution in [0.25, 0.3) is 0 Å². The molecule has 2 N–H and O–H groups in total. The van der Waals surface area contributed by atoms with E-state index in [1.165, 1.54) is 18.2 Å². The number of nitrogens with one attached hydrogen (secondary N) is 1. The van der Waals surface area contributed by atoms with E-state index in [4.69, 9.17) is 5.11 Å². The molecule has 0 aliphatic heterocycles. The number of nitro groups is 1. The van der Waals surface area contributed by atoms with E-state index < -0.39 is 16.7 Å². The van der Waals surface area contributed by atoms with Crippen molar-refractivity contribution in [1.82, 2.24) is 4.90 Å². The zero-order valence-corrected chi connectivity index (χ0v) is 12.2. The van der Waals surface area contributed by atoms with Crippen molar-refractivity contribution in [3.05, 3.63) is 34.1 Å². The Hall–Kier alpha value is -2.22. The molecule has 8 heteroatoms. The minimum absolute atomic E-state index is 0.0340. The van der Waals surface area contributed by atoms with Gasteiger partial charge in [0.1, 0.15) is 5.69 Å². The van der Waals surface area contributed by atoms with Crippen LogP contribution < -0.4 is 5.32 Å². The Kier molecular flexibility index (Phi) is 4.92. The first-order chi connectivity index (χ1) is 10.4. The van der Waals surface area contributed by atoms with Crippen molar-refractivity contribution in [2.75, 3.05) is 18.4 Å². The number of rotatable bonds is 7. The van der Waals surface area contributed by atoms with Crippen LogP contribution in [0, 0.1) is 15.9 Å². The fourth-order valence-corrected chi connectivity index (χ4v) is 2.69. The van der Waals surface area contributed by atoms with Crippen LogP contribution in [-0.4, -0.2) is 46.1 Å². The molecule has 0 saturated heterocycles. The molecule has 1 aromatic rings. The molecule has 1 aliphatic carbocycles. The number of carboxylic acid groups (broad SMARTS) is 1. The molecule has 0 aromatic heterocycles. The summed E-state index contributed by atoms with van der Waals surface area (Å²) >= 11 is 0. The van der Waals surface area contributed by atoms with Gasteiger partial charge in [-0.05, 0) is 25.5 Å². The standard InChI is InChI=1S/C14H18FN3O4/c1-2-17(8-13(19)20)10-6-9(7-10)16-14-11(15)4-3-5-12(14)18(21)22/h3-5,9-10,16H,2,6-8H2,1H3,(H,19,20). The van der Waals surface area contributed by atoms with Gasteiger partial charge >= 0.3 is 5.97 Å². The van der Waals surface area contributed by atoms with Crippen LogP contribution >= 0.6 is 0 Å². The molecule has 1 saturated carbocycles. The lowest BCUT2D eigenvalue weighted by Crippen LogP contribution is -2.51. The minimum atomic E-state index is -0.886. The Morgan fingerprint density at radius 3 is 2.77 bits per heavy atom. The molecule has 0 radical (unpaired) electrons. The van der Waals surface area contributed by atoms with Crippen LogP contribution in [0.15, 0.2) is 18.2 Å². The van der Waals surface area contributed by atoms with Crippen molar-refractivity contribution in [3.63, 3.8) is 0 Å². The number of hydrogen-bond acceptors (Lipinski definition) is 5. The maximum Gasteiger partial charge on any atom is 0.317 e. The number of aliphatic carboxylic acids is 1. The maximum absolute atomic E-state index is 13.8. The molecular formula is C14H18FN3O4. The number of hydrogen-bond donors (Lipinski definition) is 2. The highest BCUT2D eigenvalue weighted by molar-refractivity contribution is 5.69. The normalized spacial score (nSPS) is 20.5. The molecule has 2 rings (SSSR count). The molecule has 7 nitrogen and oxygen atoms in total. The third kappa shape index (κ3) is 3.51. The Bertz CT molecular complexity index is 575. The van der Waals surface area contributed by atoms with E-state index in [0.29, 0.717) is 19.4 Å². The van der Waals surface area contributed by atoms with E-state index in [1.54, 1.807) is 0 Å². The number of nitro benzene ring substituents is 1. The second-order valence-electron chi connectivity index (χ2n) is 5.31. The number of carbonyl (C=O) groups is 1. The van der Waals surface area contributed by atoms with Crippen molar-refractivity contribution in [3.8, 4) is 0 Å². The van der Waals surface area contributed by atoms with Gasteiger partial charge in [0.15, 0.2) is 5.82 Å². The van der Waals surface area contributed by atoms with Crippen LogP contribution in [0.5, 0.6) is 0 Å². The summed E-state index contributed by atoms with van der Waals surface area (Å²) in [6, 6.07) is 3.74. The number of benzene rings is 1. The van der Waals surface area contributed by atoms with E-state index in [0.717, 1.165) is 0 Å². The largest absolute Gasteiger partial charge is 0.480 e. The van der Waals surface area contributed by atoms with Gasteiger partial charge in [0.2, 0.25) is 0 Å². The number of anilines is 1. The van der Waals surface area contributed by atoms with Gasteiger partial charge in [-0.25, -0.2) is 4.39 Å². The smallest absolute Gasteiger partial charge is 0.317 e. The average Bonchev–Trinajstić information content (AvgIpc) is 2.41. The summed E-state index contributed by atoms with van der Waals surface area (Å²) in [6.45, 7) is 2.46. The number of carboxylic acids is 1. The van der Waals surface area contributed by atoms with E-state index in [2.05, 4.69) is 5.32 Å². The predicted molar refractivity (Wildman–Crippen MR) is 78.4 cm³/mol. The SMILES string of the molecule is CCN(CC(=O)O)C1CC(Nc2c(F)cccc2[N+](=O)[O-])C1. The van der Waals surface area contributed by atoms with Gasteiger partial charge in [0.25, 0.3) is 5.69 Å². The fraction of sp³-hybridized carbons (Fsp3) is 0.500. The molecule has 0 heterocycles. The van der Waals surface area contributed by atoms with E-state index in [-0.39, 0.29) is 30.0 Å². The van der Waals surface area contributed by atoms with Crippen LogP contribution in [0.3, 0.4) is 0 Å². The lowest BCUT2D eigenvalue weighted by atomic mass is 9.85. The third-order valence-electron chi connectivity index (χ3n) is 3.91. The first-order valence-corrected chi connectivity index (χ1v) is 7.07. The highest BCUT2D eigenvalue weighted by Crippen LogP contribution is 2.33. The van der Waals surface area contributed by atoms with Gasteiger partial charge in [0, 0.05) is 18.2 Å². The summed E-state index contributed by atoms with van der Waals surface area (Å²) in [4.78, 5) is 22.9. The lowest BCUT2D eigenvalue weighted by molar-refractivity contribution is -0.384. The second kappa shape index (κ2) is 6.69. The molecule has 0 amide bonds.